The molecular weight excluding hydrogens is 742 g/mol. The average Bonchev–Trinajstić information content (AvgIpc) is 3.89. The fourth-order valence-corrected chi connectivity index (χ4v) is 7.40. The lowest BCUT2D eigenvalue weighted by atomic mass is 9.91. The van der Waals surface area contributed by atoms with Crippen LogP contribution in [0.4, 0.5) is 4.39 Å². The molecule has 14 nitrogen and oxygen atoms in total. The minimum absolute atomic E-state index is 0.0552. The summed E-state index contributed by atoms with van der Waals surface area (Å²) in [5.74, 6) is -0.306. The van der Waals surface area contributed by atoms with Crippen LogP contribution in [0, 0.1) is 11.7 Å². The molecule has 3 amide bonds. The Morgan fingerprint density at radius 2 is 1.84 bits per heavy atom. The molecule has 2 saturated heterocycles. The number of benzene rings is 2. The molecule has 2 aliphatic rings. The summed E-state index contributed by atoms with van der Waals surface area (Å²) in [5, 5.41) is 13.1. The van der Waals surface area contributed by atoms with Crippen LogP contribution >= 0.6 is 0 Å². The summed E-state index contributed by atoms with van der Waals surface area (Å²) < 4.78 is 28.1. The smallest absolute Gasteiger partial charge is 0.292 e. The van der Waals surface area contributed by atoms with Crippen LogP contribution in [0.1, 0.15) is 79.7 Å². The number of amides is 3. The van der Waals surface area contributed by atoms with Crippen molar-refractivity contribution in [2.75, 3.05) is 13.1 Å². The van der Waals surface area contributed by atoms with E-state index < -0.39 is 23.2 Å². The third-order valence-corrected chi connectivity index (χ3v) is 10.5. The number of nitrogens with one attached hydrogen (secondary N) is 2. The first-order chi connectivity index (χ1) is 27.9. The number of ether oxygens (including phenoxy) is 1. The van der Waals surface area contributed by atoms with Gasteiger partial charge in [0, 0.05) is 67.0 Å². The van der Waals surface area contributed by atoms with E-state index in [2.05, 4.69) is 54.0 Å². The lowest BCUT2D eigenvalue weighted by Gasteiger charge is -2.33. The van der Waals surface area contributed by atoms with Gasteiger partial charge in [0.15, 0.2) is 6.10 Å². The lowest BCUT2D eigenvalue weighted by Crippen LogP contribution is -2.46. The van der Waals surface area contributed by atoms with Crippen LogP contribution in [0.25, 0.3) is 28.0 Å². The van der Waals surface area contributed by atoms with Crippen LogP contribution in [-0.2, 0) is 34.5 Å². The Morgan fingerprint density at radius 3 is 2.59 bits per heavy atom. The molecule has 6 heterocycles. The van der Waals surface area contributed by atoms with Crippen LogP contribution < -0.4 is 15.4 Å². The summed E-state index contributed by atoms with van der Waals surface area (Å²) in [7, 11) is 0. The maximum atomic E-state index is 15.4. The van der Waals surface area contributed by atoms with Gasteiger partial charge in [-0.15, -0.1) is 0 Å². The number of fused-ring (bicyclic) bond motifs is 1. The number of hydrogen-bond acceptors (Lipinski definition) is 11. The molecule has 2 fully saturated rings. The predicted octanol–water partition coefficient (Wildman–Crippen LogP) is 5.85. The first kappa shape index (κ1) is 38.5. The highest BCUT2D eigenvalue weighted by Crippen LogP contribution is 2.30. The van der Waals surface area contributed by atoms with Gasteiger partial charge in [-0.2, -0.15) is 10.1 Å². The molecule has 8 rings (SSSR count). The summed E-state index contributed by atoms with van der Waals surface area (Å²) in [5.41, 5.74) is 5.72. The maximum absolute atomic E-state index is 15.4. The summed E-state index contributed by atoms with van der Waals surface area (Å²) >= 11 is 0. The first-order valence-electron chi connectivity index (χ1n) is 19.5. The highest BCUT2D eigenvalue weighted by atomic mass is 19.1. The number of likely N-dealkylation sites (tertiary alicyclic amines) is 1. The van der Waals surface area contributed by atoms with E-state index in [4.69, 9.17) is 14.2 Å². The van der Waals surface area contributed by atoms with Crippen LogP contribution in [-0.4, -0.2) is 71.5 Å². The minimum atomic E-state index is -0.643. The number of nitrogens with zero attached hydrogens (tertiary/aromatic N) is 7. The zero-order chi connectivity index (χ0) is 40.4. The van der Waals surface area contributed by atoms with Crippen molar-refractivity contribution < 1.29 is 28.0 Å². The number of hydrogen-bond donors (Lipinski definition) is 2. The molecule has 2 aliphatic heterocycles. The Labute approximate surface area is 334 Å². The van der Waals surface area contributed by atoms with Gasteiger partial charge in [0.25, 0.3) is 17.6 Å². The van der Waals surface area contributed by atoms with E-state index in [0.29, 0.717) is 46.3 Å². The van der Waals surface area contributed by atoms with Crippen LogP contribution in [0.3, 0.4) is 0 Å². The van der Waals surface area contributed by atoms with E-state index in [9.17, 15) is 14.4 Å². The Bertz CT molecular complexity index is 2460. The maximum Gasteiger partial charge on any atom is 0.292 e. The number of pyridine rings is 1. The molecule has 0 spiro atoms. The van der Waals surface area contributed by atoms with Gasteiger partial charge in [0.1, 0.15) is 17.9 Å². The average molecular weight is 786 g/mol. The molecule has 2 unspecified atom stereocenters. The third kappa shape index (κ3) is 8.79. The summed E-state index contributed by atoms with van der Waals surface area (Å²) in [6.07, 6.45) is 8.50. The molecule has 0 aliphatic carbocycles. The van der Waals surface area contributed by atoms with Crippen molar-refractivity contribution in [1.29, 1.82) is 0 Å². The van der Waals surface area contributed by atoms with Crippen LogP contribution in [0.5, 0.6) is 5.75 Å². The first-order valence-corrected chi connectivity index (χ1v) is 19.5. The van der Waals surface area contributed by atoms with E-state index in [1.165, 1.54) is 18.0 Å². The molecule has 0 bridgehead atoms. The Hall–Kier alpha value is -6.35. The van der Waals surface area contributed by atoms with Gasteiger partial charge in [-0.05, 0) is 73.2 Å². The van der Waals surface area contributed by atoms with E-state index >= 15 is 4.39 Å². The van der Waals surface area contributed by atoms with Gasteiger partial charge in [-0.1, -0.05) is 56.3 Å². The van der Waals surface area contributed by atoms with Gasteiger partial charge in [-0.3, -0.25) is 29.6 Å². The fraction of sp³-hybridized carbons (Fsp3) is 0.349. The van der Waals surface area contributed by atoms with Gasteiger partial charge in [0.05, 0.1) is 16.9 Å². The number of piperidine rings is 2. The molecular formula is C43H44FN9O5. The Kier molecular flexibility index (Phi) is 10.8. The van der Waals surface area contributed by atoms with Crippen molar-refractivity contribution in [2.24, 2.45) is 5.92 Å². The fourth-order valence-electron chi connectivity index (χ4n) is 7.40. The Morgan fingerprint density at radius 1 is 1.02 bits per heavy atom. The molecule has 2 atom stereocenters. The SMILES string of the molecule is CC(C)(C)c1nc(C(=O)NCc2ccc(-c3ncnn4cc(-c5ccc(CN6CCCC(Cc7ccc(OC8CCC(=O)NC8=O)cc7)C6)cn5)cc34)cc2F)no1. The van der Waals surface area contributed by atoms with E-state index in [0.717, 1.165) is 55.7 Å². The van der Waals surface area contributed by atoms with Gasteiger partial charge >= 0.3 is 0 Å². The number of halogens is 1. The van der Waals surface area contributed by atoms with Crippen molar-refractivity contribution in [2.45, 2.75) is 77.5 Å². The zero-order valence-electron chi connectivity index (χ0n) is 32.6. The second-order valence-corrected chi connectivity index (χ2v) is 16.0. The van der Waals surface area contributed by atoms with Crippen molar-refractivity contribution in [3.05, 3.63) is 114 Å². The van der Waals surface area contributed by atoms with E-state index in [1.54, 1.807) is 16.6 Å². The number of rotatable bonds is 11. The van der Waals surface area contributed by atoms with E-state index in [-0.39, 0.29) is 30.6 Å². The molecule has 2 N–H and O–H groups in total. The molecule has 15 heteroatoms. The van der Waals surface area contributed by atoms with Crippen LogP contribution in [0.2, 0.25) is 0 Å². The molecule has 0 radical (unpaired) electrons. The monoisotopic (exact) mass is 785 g/mol. The lowest BCUT2D eigenvalue weighted by molar-refractivity contribution is -0.138. The van der Waals surface area contributed by atoms with Gasteiger partial charge in [-0.25, -0.2) is 13.9 Å². The van der Waals surface area contributed by atoms with Crippen molar-refractivity contribution in [3.63, 3.8) is 0 Å². The standard InChI is InChI=1S/C43H44FN9O5/c1-43(2,3)42-50-39(51-58-42)41(56)46-21-30-10-9-29(18-33(30)44)38-35-19-31(24-53(35)48-25-47-38)34-13-8-28(20-45-34)23-52-16-4-5-27(22-52)17-26-6-11-32(12-7-26)57-36-14-15-37(54)49-40(36)55/h6-13,18-20,24-25,27,36H,4-5,14-17,21-23H2,1-3H3,(H,46,56)(H,49,54,55). The largest absolute Gasteiger partial charge is 0.481 e. The number of aromatic nitrogens is 6. The second kappa shape index (κ2) is 16.3. The predicted molar refractivity (Wildman–Crippen MR) is 211 cm³/mol. The zero-order valence-corrected chi connectivity index (χ0v) is 32.6. The summed E-state index contributed by atoms with van der Waals surface area (Å²) in [6, 6.07) is 18.8. The topological polar surface area (TPSA) is 170 Å². The normalized spacial score (nSPS) is 17.7. The molecule has 298 valence electrons. The highest BCUT2D eigenvalue weighted by Gasteiger charge is 2.29. The van der Waals surface area contributed by atoms with Gasteiger partial charge in [0.2, 0.25) is 11.8 Å². The van der Waals surface area contributed by atoms with Crippen LogP contribution in [0.15, 0.2) is 83.9 Å². The molecule has 4 aromatic heterocycles. The third-order valence-electron chi connectivity index (χ3n) is 10.5. The minimum Gasteiger partial charge on any atom is -0.481 e. The quantitative estimate of drug-likeness (QED) is 0.151. The van der Waals surface area contributed by atoms with Crippen molar-refractivity contribution in [1.82, 2.24) is 45.3 Å². The van der Waals surface area contributed by atoms with Crippen molar-refractivity contribution in [3.8, 4) is 28.3 Å². The molecule has 2 aromatic carbocycles. The molecule has 0 saturated carbocycles. The molecule has 58 heavy (non-hydrogen) atoms. The highest BCUT2D eigenvalue weighted by molar-refractivity contribution is 6.00. The number of carbonyl (C=O) groups is 3. The van der Waals surface area contributed by atoms with Gasteiger partial charge < -0.3 is 14.6 Å². The summed E-state index contributed by atoms with van der Waals surface area (Å²) in [6.45, 7) is 8.46. The Balaban J connectivity index is 0.867. The number of carbonyl (C=O) groups excluding carboxylic acids is 3. The van der Waals surface area contributed by atoms with Crippen molar-refractivity contribution >= 4 is 23.2 Å². The molecule has 6 aromatic rings. The second-order valence-electron chi connectivity index (χ2n) is 16.0. The number of imide groups is 1. The van der Waals surface area contributed by atoms with E-state index in [1.807, 2.05) is 57.4 Å². The summed E-state index contributed by atoms with van der Waals surface area (Å²) in [4.78, 5) is 52.0.